The lowest BCUT2D eigenvalue weighted by atomic mass is 10.2. The van der Waals surface area contributed by atoms with E-state index in [2.05, 4.69) is 0 Å². The van der Waals surface area contributed by atoms with Gasteiger partial charge < -0.3 is 9.47 Å². The zero-order chi connectivity index (χ0) is 15.2. The van der Waals surface area contributed by atoms with E-state index in [1.54, 1.807) is 12.1 Å². The molecule has 0 fully saturated rings. The molecule has 0 saturated carbocycles. The van der Waals surface area contributed by atoms with E-state index in [1.165, 1.54) is 10.6 Å². The molecule has 1 rings (SSSR count). The van der Waals surface area contributed by atoms with Gasteiger partial charge in [-0.1, -0.05) is 17.7 Å². The van der Waals surface area contributed by atoms with Crippen LogP contribution < -0.4 is 4.31 Å². The first-order valence-electron chi connectivity index (χ1n) is 6.66. The number of rotatable bonds is 8. The molecule has 0 saturated heterocycles. The summed E-state index contributed by atoms with van der Waals surface area (Å²) >= 11 is 0. The quantitative estimate of drug-likeness (QED) is 0.690. The van der Waals surface area contributed by atoms with Crippen LogP contribution in [0.2, 0.25) is 0 Å². The third-order valence-electron chi connectivity index (χ3n) is 2.74. The van der Waals surface area contributed by atoms with E-state index >= 15 is 0 Å². The normalized spacial score (nSPS) is 11.8. The van der Waals surface area contributed by atoms with Gasteiger partial charge in [0, 0.05) is 13.2 Å². The summed E-state index contributed by atoms with van der Waals surface area (Å²) in [4.78, 5) is 0. The molecule has 20 heavy (non-hydrogen) atoms. The fourth-order valence-electron chi connectivity index (χ4n) is 1.80. The number of nitrogens with zero attached hydrogens (tertiary/aromatic N) is 1. The lowest BCUT2D eigenvalue weighted by molar-refractivity contribution is -0.128. The molecule has 6 heteroatoms. The van der Waals surface area contributed by atoms with Crippen molar-refractivity contribution in [1.82, 2.24) is 0 Å². The van der Waals surface area contributed by atoms with Gasteiger partial charge in [0.15, 0.2) is 6.29 Å². The summed E-state index contributed by atoms with van der Waals surface area (Å²) in [7, 11) is -3.39. The Balaban J connectivity index is 2.98. The van der Waals surface area contributed by atoms with Crippen LogP contribution >= 0.6 is 0 Å². The molecule has 0 spiro atoms. The Morgan fingerprint density at radius 3 is 2.00 bits per heavy atom. The van der Waals surface area contributed by atoms with E-state index in [0.717, 1.165) is 5.56 Å². The summed E-state index contributed by atoms with van der Waals surface area (Å²) in [5, 5.41) is 0. The zero-order valence-corrected chi connectivity index (χ0v) is 13.3. The van der Waals surface area contributed by atoms with E-state index in [0.29, 0.717) is 18.9 Å². The lowest BCUT2D eigenvalue weighted by Crippen LogP contribution is -2.39. The third-order valence-corrected chi connectivity index (χ3v) is 3.90. The van der Waals surface area contributed by atoms with Crippen LogP contribution in [0.4, 0.5) is 5.69 Å². The van der Waals surface area contributed by atoms with Gasteiger partial charge in [-0.3, -0.25) is 4.31 Å². The summed E-state index contributed by atoms with van der Waals surface area (Å²) in [6.07, 6.45) is 0.614. The molecule has 114 valence electrons. The molecular weight excluding hydrogens is 278 g/mol. The van der Waals surface area contributed by atoms with E-state index in [1.807, 2.05) is 32.9 Å². The van der Waals surface area contributed by atoms with Crippen LogP contribution in [0.25, 0.3) is 0 Å². The fourth-order valence-corrected chi connectivity index (χ4v) is 2.70. The van der Waals surface area contributed by atoms with Gasteiger partial charge in [0.05, 0.1) is 18.5 Å². The Hall–Kier alpha value is -1.11. The summed E-state index contributed by atoms with van der Waals surface area (Å²) in [6, 6.07) is 7.32. The van der Waals surface area contributed by atoms with Gasteiger partial charge in [-0.25, -0.2) is 8.42 Å². The highest BCUT2D eigenvalue weighted by Gasteiger charge is 2.22. The van der Waals surface area contributed by atoms with Crippen LogP contribution in [0.5, 0.6) is 0 Å². The van der Waals surface area contributed by atoms with Gasteiger partial charge in [0.1, 0.15) is 0 Å². The van der Waals surface area contributed by atoms with Crippen molar-refractivity contribution >= 4 is 15.7 Å². The van der Waals surface area contributed by atoms with Crippen molar-refractivity contribution < 1.29 is 17.9 Å². The molecule has 0 radical (unpaired) electrons. The van der Waals surface area contributed by atoms with Crippen molar-refractivity contribution in [3.63, 3.8) is 0 Å². The smallest absolute Gasteiger partial charge is 0.232 e. The fraction of sp³-hybridized carbons (Fsp3) is 0.571. The topological polar surface area (TPSA) is 55.8 Å². The van der Waals surface area contributed by atoms with Crippen LogP contribution in [0.1, 0.15) is 19.4 Å². The van der Waals surface area contributed by atoms with Gasteiger partial charge in [0.25, 0.3) is 0 Å². The Kier molecular flexibility index (Phi) is 6.45. The molecule has 0 unspecified atom stereocenters. The van der Waals surface area contributed by atoms with Crippen molar-refractivity contribution in [3.05, 3.63) is 29.8 Å². The molecule has 0 N–H and O–H groups in total. The Bertz CT molecular complexity index is 492. The van der Waals surface area contributed by atoms with Crippen LogP contribution in [0, 0.1) is 6.92 Å². The number of anilines is 1. The maximum atomic E-state index is 12.0. The summed E-state index contributed by atoms with van der Waals surface area (Å²) in [5.41, 5.74) is 1.69. The zero-order valence-electron chi connectivity index (χ0n) is 12.5. The highest BCUT2D eigenvalue weighted by atomic mass is 32.2. The van der Waals surface area contributed by atoms with Gasteiger partial charge in [-0.05, 0) is 32.9 Å². The molecule has 0 atom stereocenters. The molecule has 0 amide bonds. The predicted molar refractivity (Wildman–Crippen MR) is 80.4 cm³/mol. The molecule has 0 aliphatic carbocycles. The second-order valence-corrected chi connectivity index (χ2v) is 6.38. The van der Waals surface area contributed by atoms with Crippen molar-refractivity contribution in [2.24, 2.45) is 0 Å². The van der Waals surface area contributed by atoms with Gasteiger partial charge in [-0.15, -0.1) is 0 Å². The van der Waals surface area contributed by atoms with Crippen molar-refractivity contribution in [2.75, 3.05) is 30.3 Å². The highest BCUT2D eigenvalue weighted by molar-refractivity contribution is 7.92. The maximum Gasteiger partial charge on any atom is 0.232 e. The van der Waals surface area contributed by atoms with Crippen LogP contribution in [-0.2, 0) is 19.5 Å². The lowest BCUT2D eigenvalue weighted by Gasteiger charge is -2.27. The van der Waals surface area contributed by atoms with E-state index in [-0.39, 0.29) is 6.54 Å². The molecule has 0 bridgehead atoms. The molecule has 1 aromatic carbocycles. The molecule has 1 aromatic rings. The molecule has 0 aromatic heterocycles. The molecule has 0 aliphatic heterocycles. The Morgan fingerprint density at radius 1 is 1.10 bits per heavy atom. The van der Waals surface area contributed by atoms with Crippen molar-refractivity contribution in [2.45, 2.75) is 27.1 Å². The Labute approximate surface area is 121 Å². The van der Waals surface area contributed by atoms with E-state index < -0.39 is 16.3 Å². The molecule has 5 nitrogen and oxygen atoms in total. The number of hydrogen-bond acceptors (Lipinski definition) is 4. The van der Waals surface area contributed by atoms with Gasteiger partial charge >= 0.3 is 0 Å². The Morgan fingerprint density at radius 2 is 1.60 bits per heavy atom. The second kappa shape index (κ2) is 7.61. The first-order chi connectivity index (χ1) is 9.38. The average molecular weight is 301 g/mol. The minimum Gasteiger partial charge on any atom is -0.351 e. The van der Waals surface area contributed by atoms with Gasteiger partial charge in [0.2, 0.25) is 10.0 Å². The van der Waals surface area contributed by atoms with E-state index in [4.69, 9.17) is 9.47 Å². The molecular formula is C14H23NO4S. The SMILES string of the molecule is CCOC(CN(c1ccc(C)cc1)S(C)(=O)=O)OCC. The van der Waals surface area contributed by atoms with Crippen molar-refractivity contribution in [1.29, 1.82) is 0 Å². The largest absolute Gasteiger partial charge is 0.351 e. The number of ether oxygens (including phenoxy) is 2. The second-order valence-electron chi connectivity index (χ2n) is 4.47. The number of sulfonamides is 1. The van der Waals surface area contributed by atoms with Crippen LogP contribution in [0.15, 0.2) is 24.3 Å². The molecule has 0 aliphatic rings. The number of aryl methyl sites for hydroxylation is 1. The first-order valence-corrected chi connectivity index (χ1v) is 8.50. The van der Waals surface area contributed by atoms with Crippen LogP contribution in [-0.4, -0.2) is 40.7 Å². The standard InChI is InChI=1S/C14H23NO4S/c1-5-18-14(19-6-2)11-15(20(4,16)17)13-9-7-12(3)8-10-13/h7-10,14H,5-6,11H2,1-4H3. The van der Waals surface area contributed by atoms with Crippen LogP contribution in [0.3, 0.4) is 0 Å². The predicted octanol–water partition coefficient (Wildman–Crippen LogP) is 2.16. The number of hydrogen-bond donors (Lipinski definition) is 0. The number of benzene rings is 1. The minimum absolute atomic E-state index is 0.142. The average Bonchev–Trinajstić information content (AvgIpc) is 2.36. The minimum atomic E-state index is -3.39. The maximum absolute atomic E-state index is 12.0. The summed E-state index contributed by atoms with van der Waals surface area (Å²) in [6.45, 7) is 6.74. The summed E-state index contributed by atoms with van der Waals surface area (Å²) < 4.78 is 36.1. The summed E-state index contributed by atoms with van der Waals surface area (Å²) in [5.74, 6) is 0. The monoisotopic (exact) mass is 301 g/mol. The van der Waals surface area contributed by atoms with E-state index in [9.17, 15) is 8.42 Å². The molecule has 0 heterocycles. The third kappa shape index (κ3) is 5.11. The van der Waals surface area contributed by atoms with Crippen molar-refractivity contribution in [3.8, 4) is 0 Å². The highest BCUT2D eigenvalue weighted by Crippen LogP contribution is 2.19. The first kappa shape index (κ1) is 16.9. The van der Waals surface area contributed by atoms with Gasteiger partial charge in [-0.2, -0.15) is 0 Å².